The van der Waals surface area contributed by atoms with Gasteiger partial charge in [0.1, 0.15) is 11.9 Å². The van der Waals surface area contributed by atoms with Crippen LogP contribution in [-0.2, 0) is 11.4 Å². The van der Waals surface area contributed by atoms with Gasteiger partial charge in [0.25, 0.3) is 0 Å². The molecule has 1 atom stereocenters. The maximum Gasteiger partial charge on any atom is 0.119 e. The molecule has 3 nitrogen and oxygen atoms in total. The highest BCUT2D eigenvalue weighted by Crippen LogP contribution is 2.22. The molecule has 0 saturated carbocycles. The van der Waals surface area contributed by atoms with Gasteiger partial charge in [-0.3, -0.25) is 0 Å². The predicted molar refractivity (Wildman–Crippen MR) is 71.3 cm³/mol. The molecule has 0 radical (unpaired) electrons. The Balaban J connectivity index is 1.84. The van der Waals surface area contributed by atoms with Gasteiger partial charge in [-0.15, -0.1) is 0 Å². The number of hydrogen-bond donors (Lipinski definition) is 1. The fourth-order valence-electron chi connectivity index (χ4n) is 1.84. The minimum Gasteiger partial charge on any atom is -0.490 e. The Morgan fingerprint density at radius 2 is 2.18 bits per heavy atom. The van der Waals surface area contributed by atoms with Crippen molar-refractivity contribution < 1.29 is 9.57 Å². The van der Waals surface area contributed by atoms with E-state index in [0.29, 0.717) is 6.10 Å². The summed E-state index contributed by atoms with van der Waals surface area (Å²) < 4.78 is 5.94. The van der Waals surface area contributed by atoms with Crippen LogP contribution in [0.2, 0.25) is 0 Å². The molecule has 1 unspecified atom stereocenters. The molecule has 0 aromatic heterocycles. The fourth-order valence-corrected chi connectivity index (χ4v) is 2.87. The Morgan fingerprint density at radius 3 is 2.82 bits per heavy atom. The molecule has 1 fully saturated rings. The van der Waals surface area contributed by atoms with E-state index in [1.54, 1.807) is 7.11 Å². The van der Waals surface area contributed by atoms with Gasteiger partial charge in [-0.25, -0.2) is 0 Å². The quantitative estimate of drug-likeness (QED) is 0.817. The molecule has 2 rings (SSSR count). The molecule has 0 aliphatic carbocycles. The molecule has 1 aromatic carbocycles. The van der Waals surface area contributed by atoms with E-state index in [0.717, 1.165) is 18.0 Å². The normalized spacial score (nSPS) is 20.2. The minimum atomic E-state index is 0.386. The van der Waals surface area contributed by atoms with Crippen molar-refractivity contribution in [3.8, 4) is 5.75 Å². The van der Waals surface area contributed by atoms with E-state index < -0.39 is 0 Å². The molecule has 1 N–H and O–H groups in total. The van der Waals surface area contributed by atoms with E-state index in [-0.39, 0.29) is 0 Å². The Kier molecular flexibility index (Phi) is 5.16. The summed E-state index contributed by atoms with van der Waals surface area (Å²) in [4.78, 5) is 4.81. The van der Waals surface area contributed by atoms with Crippen molar-refractivity contribution in [3.05, 3.63) is 29.8 Å². The second-order valence-electron chi connectivity index (χ2n) is 4.13. The average Bonchev–Trinajstić information content (AvgIpc) is 2.39. The van der Waals surface area contributed by atoms with Crippen molar-refractivity contribution >= 4 is 11.8 Å². The van der Waals surface area contributed by atoms with Gasteiger partial charge in [-0.1, -0.05) is 12.1 Å². The van der Waals surface area contributed by atoms with Gasteiger partial charge in [0.05, 0.1) is 7.11 Å². The van der Waals surface area contributed by atoms with Crippen LogP contribution in [0.5, 0.6) is 5.75 Å². The highest BCUT2D eigenvalue weighted by Gasteiger charge is 2.14. The molecule has 4 heteroatoms. The van der Waals surface area contributed by atoms with Crippen LogP contribution in [0.15, 0.2) is 24.3 Å². The molecule has 1 aromatic rings. The van der Waals surface area contributed by atoms with E-state index in [2.05, 4.69) is 17.6 Å². The van der Waals surface area contributed by atoms with Gasteiger partial charge in [0.2, 0.25) is 0 Å². The maximum absolute atomic E-state index is 5.94. The lowest BCUT2D eigenvalue weighted by atomic mass is 10.2. The van der Waals surface area contributed by atoms with E-state index in [1.165, 1.54) is 24.2 Å². The molecule has 0 amide bonds. The Labute approximate surface area is 107 Å². The molecule has 17 heavy (non-hydrogen) atoms. The summed E-state index contributed by atoms with van der Waals surface area (Å²) in [6.45, 7) is 0.718. The lowest BCUT2D eigenvalue weighted by molar-refractivity contribution is 0.0867. The molecule has 1 aliphatic heterocycles. The van der Waals surface area contributed by atoms with E-state index in [4.69, 9.17) is 9.57 Å². The second kappa shape index (κ2) is 6.89. The van der Waals surface area contributed by atoms with Crippen LogP contribution in [0.25, 0.3) is 0 Å². The first-order chi connectivity index (χ1) is 8.38. The van der Waals surface area contributed by atoms with Gasteiger partial charge < -0.3 is 9.57 Å². The summed E-state index contributed by atoms with van der Waals surface area (Å²) in [6.07, 6.45) is 2.84. The summed E-state index contributed by atoms with van der Waals surface area (Å²) >= 11 is 1.98. The number of benzene rings is 1. The van der Waals surface area contributed by atoms with Crippen molar-refractivity contribution in [1.82, 2.24) is 5.48 Å². The first-order valence-electron chi connectivity index (χ1n) is 5.97. The Hall–Kier alpha value is -0.710. The van der Waals surface area contributed by atoms with Gasteiger partial charge >= 0.3 is 0 Å². The second-order valence-corrected chi connectivity index (χ2v) is 5.28. The zero-order chi connectivity index (χ0) is 11.9. The van der Waals surface area contributed by atoms with E-state index in [1.807, 2.05) is 23.9 Å². The van der Waals surface area contributed by atoms with Gasteiger partial charge in [-0.05, 0) is 36.3 Å². The summed E-state index contributed by atoms with van der Waals surface area (Å²) in [5.74, 6) is 3.37. The number of ether oxygens (including phenoxy) is 1. The summed E-state index contributed by atoms with van der Waals surface area (Å²) in [5, 5.41) is 0. The van der Waals surface area contributed by atoms with Gasteiger partial charge in [0.15, 0.2) is 0 Å². The minimum absolute atomic E-state index is 0.386. The molecular weight excluding hydrogens is 234 g/mol. The zero-order valence-corrected chi connectivity index (χ0v) is 11.0. The zero-order valence-electron chi connectivity index (χ0n) is 10.1. The number of nitrogens with one attached hydrogen (secondary N) is 1. The third kappa shape index (κ3) is 4.22. The molecular formula is C13H19NO2S. The summed E-state index contributed by atoms with van der Waals surface area (Å²) in [7, 11) is 1.62. The Morgan fingerprint density at radius 1 is 1.35 bits per heavy atom. The SMILES string of the molecule is CONCc1ccc(OC2CCCSC2)cc1. The fraction of sp³-hybridized carbons (Fsp3) is 0.538. The third-order valence-electron chi connectivity index (χ3n) is 2.77. The third-order valence-corrected chi connectivity index (χ3v) is 3.95. The van der Waals surface area contributed by atoms with Crippen LogP contribution in [0.4, 0.5) is 0 Å². The van der Waals surface area contributed by atoms with Gasteiger partial charge in [0, 0.05) is 12.3 Å². The van der Waals surface area contributed by atoms with Crippen LogP contribution in [0.1, 0.15) is 18.4 Å². The van der Waals surface area contributed by atoms with Crippen molar-refractivity contribution in [2.45, 2.75) is 25.5 Å². The first-order valence-corrected chi connectivity index (χ1v) is 7.13. The molecule has 94 valence electrons. The molecule has 0 spiro atoms. The molecule has 1 heterocycles. The van der Waals surface area contributed by atoms with E-state index >= 15 is 0 Å². The molecule has 1 aliphatic rings. The monoisotopic (exact) mass is 253 g/mol. The van der Waals surface area contributed by atoms with Crippen LogP contribution in [0, 0.1) is 0 Å². The highest BCUT2D eigenvalue weighted by molar-refractivity contribution is 7.99. The summed E-state index contributed by atoms with van der Waals surface area (Å²) in [6, 6.07) is 8.20. The van der Waals surface area contributed by atoms with Crippen molar-refractivity contribution in [2.75, 3.05) is 18.6 Å². The lowest BCUT2D eigenvalue weighted by Gasteiger charge is -2.22. The van der Waals surface area contributed by atoms with Crippen LogP contribution in [0.3, 0.4) is 0 Å². The largest absolute Gasteiger partial charge is 0.490 e. The summed E-state index contributed by atoms with van der Waals surface area (Å²) in [5.41, 5.74) is 4.01. The van der Waals surface area contributed by atoms with Gasteiger partial charge in [-0.2, -0.15) is 17.2 Å². The predicted octanol–water partition coefficient (Wildman–Crippen LogP) is 2.61. The van der Waals surface area contributed by atoms with Crippen molar-refractivity contribution in [2.24, 2.45) is 0 Å². The van der Waals surface area contributed by atoms with E-state index in [9.17, 15) is 0 Å². The van der Waals surface area contributed by atoms with Crippen LogP contribution in [-0.4, -0.2) is 24.7 Å². The number of rotatable bonds is 5. The smallest absolute Gasteiger partial charge is 0.119 e. The van der Waals surface area contributed by atoms with Crippen molar-refractivity contribution in [1.29, 1.82) is 0 Å². The first kappa shape index (κ1) is 12.7. The average molecular weight is 253 g/mol. The van der Waals surface area contributed by atoms with Crippen LogP contribution < -0.4 is 10.2 Å². The molecule has 0 bridgehead atoms. The molecule has 1 saturated heterocycles. The number of hydrogen-bond acceptors (Lipinski definition) is 4. The topological polar surface area (TPSA) is 30.5 Å². The highest BCUT2D eigenvalue weighted by atomic mass is 32.2. The number of thioether (sulfide) groups is 1. The standard InChI is InChI=1S/C13H19NO2S/c1-15-14-9-11-4-6-12(7-5-11)16-13-3-2-8-17-10-13/h4-7,13-14H,2-3,8-10H2,1H3. The van der Waals surface area contributed by atoms with Crippen molar-refractivity contribution in [3.63, 3.8) is 0 Å². The van der Waals surface area contributed by atoms with Crippen LogP contribution >= 0.6 is 11.8 Å². The Bertz CT molecular complexity index is 323. The lowest BCUT2D eigenvalue weighted by Crippen LogP contribution is -2.23. The maximum atomic E-state index is 5.94. The number of hydroxylamine groups is 1.